The van der Waals surface area contributed by atoms with Crippen LogP contribution in [0.3, 0.4) is 0 Å². The van der Waals surface area contributed by atoms with Crippen LogP contribution >= 0.6 is 0 Å². The number of methoxy groups -OCH3 is 1. The van der Waals surface area contributed by atoms with Crippen LogP contribution in [0.5, 0.6) is 5.75 Å². The zero-order valence-electron chi connectivity index (χ0n) is 16.2. The van der Waals surface area contributed by atoms with Crippen molar-refractivity contribution < 1.29 is 4.74 Å². The lowest BCUT2D eigenvalue weighted by atomic mass is 10.1. The van der Waals surface area contributed by atoms with E-state index < -0.39 is 0 Å². The largest absolute Gasteiger partial charge is 0.494 e. The maximum atomic E-state index is 5.48. The topological polar surface area (TPSA) is 55.6 Å². The molecule has 0 radical (unpaired) electrons. The van der Waals surface area contributed by atoms with E-state index in [-0.39, 0.29) is 0 Å². The fourth-order valence-electron chi connectivity index (χ4n) is 4.08. The van der Waals surface area contributed by atoms with Gasteiger partial charge in [0.15, 0.2) is 11.5 Å². The molecule has 6 heteroatoms. The molecule has 4 heterocycles. The number of fused-ring (bicyclic) bond motifs is 2. The van der Waals surface area contributed by atoms with Gasteiger partial charge in [0.05, 0.1) is 7.11 Å². The van der Waals surface area contributed by atoms with Crippen molar-refractivity contribution in [2.24, 2.45) is 0 Å². The van der Waals surface area contributed by atoms with E-state index in [1.165, 1.54) is 31.5 Å². The van der Waals surface area contributed by atoms with E-state index in [0.717, 1.165) is 33.8 Å². The van der Waals surface area contributed by atoms with Crippen molar-refractivity contribution in [1.82, 2.24) is 24.5 Å². The summed E-state index contributed by atoms with van der Waals surface area (Å²) in [7, 11) is 1.67. The molecule has 3 aromatic heterocycles. The van der Waals surface area contributed by atoms with Crippen LogP contribution in [0.2, 0.25) is 0 Å². The smallest absolute Gasteiger partial charge is 0.187 e. The second-order valence-corrected chi connectivity index (χ2v) is 7.36. The number of benzene rings is 1. The Bertz CT molecular complexity index is 1150. The fourth-order valence-corrected chi connectivity index (χ4v) is 4.08. The normalized spacial score (nSPS) is 16.1. The van der Waals surface area contributed by atoms with Gasteiger partial charge in [-0.2, -0.15) is 0 Å². The molecule has 1 fully saturated rings. The summed E-state index contributed by atoms with van der Waals surface area (Å²) in [5.41, 5.74) is 3.72. The number of hydrogen-bond acceptors (Lipinski definition) is 5. The summed E-state index contributed by atoms with van der Waals surface area (Å²) >= 11 is 0. The summed E-state index contributed by atoms with van der Waals surface area (Å²) < 4.78 is 7.53. The predicted octanol–water partition coefficient (Wildman–Crippen LogP) is 4.11. The molecule has 0 aliphatic carbocycles. The summed E-state index contributed by atoms with van der Waals surface area (Å²) in [5, 5.41) is 9.81. The Hall–Kier alpha value is -2.99. The molecule has 142 valence electrons. The number of hydrogen-bond donors (Lipinski definition) is 0. The van der Waals surface area contributed by atoms with Crippen molar-refractivity contribution in [3.05, 3.63) is 54.2 Å². The number of ether oxygens (including phenoxy) is 1. The minimum absolute atomic E-state index is 0.381. The molecule has 0 bridgehead atoms. The van der Waals surface area contributed by atoms with Crippen molar-refractivity contribution in [2.45, 2.75) is 25.8 Å². The Kier molecular flexibility index (Phi) is 4.20. The van der Waals surface area contributed by atoms with E-state index >= 15 is 0 Å². The zero-order chi connectivity index (χ0) is 19.1. The molecule has 0 saturated carbocycles. The second-order valence-electron chi connectivity index (χ2n) is 7.36. The lowest BCUT2D eigenvalue weighted by molar-refractivity contribution is 0.262. The Morgan fingerprint density at radius 1 is 1.00 bits per heavy atom. The third-order valence-corrected chi connectivity index (χ3v) is 5.73. The predicted molar refractivity (Wildman–Crippen MR) is 109 cm³/mol. The van der Waals surface area contributed by atoms with Crippen LogP contribution in [0.15, 0.2) is 48.7 Å². The summed E-state index contributed by atoms with van der Waals surface area (Å²) in [4.78, 5) is 7.36. The van der Waals surface area contributed by atoms with Crippen LogP contribution in [-0.2, 0) is 0 Å². The minimum atomic E-state index is 0.381. The Morgan fingerprint density at radius 2 is 1.86 bits per heavy atom. The summed E-state index contributed by atoms with van der Waals surface area (Å²) in [6.45, 7) is 4.61. The van der Waals surface area contributed by atoms with E-state index in [0.29, 0.717) is 6.04 Å². The lowest BCUT2D eigenvalue weighted by Crippen LogP contribution is -2.23. The standard InChI is InChI=1S/C22H23N5O/c1-15(26-12-3-4-13-26)17-9-11-20-24-25-22(27(20)14-17)18-10-8-16-6-5-7-19(28-2)21(16)23-18/h5-11,14-15H,3-4,12-13H2,1-2H3. The van der Waals surface area contributed by atoms with E-state index in [4.69, 9.17) is 9.72 Å². The number of nitrogens with zero attached hydrogens (tertiary/aromatic N) is 5. The van der Waals surface area contributed by atoms with Crippen molar-refractivity contribution in [2.75, 3.05) is 20.2 Å². The highest BCUT2D eigenvalue weighted by molar-refractivity contribution is 5.86. The molecule has 1 aliphatic heterocycles. The van der Waals surface area contributed by atoms with E-state index in [9.17, 15) is 0 Å². The van der Waals surface area contributed by atoms with Gasteiger partial charge in [-0.3, -0.25) is 9.30 Å². The highest BCUT2D eigenvalue weighted by Crippen LogP contribution is 2.28. The molecular formula is C22H23N5O. The van der Waals surface area contributed by atoms with Crippen molar-refractivity contribution in [3.8, 4) is 17.3 Å². The monoisotopic (exact) mass is 373 g/mol. The average molecular weight is 373 g/mol. The zero-order valence-corrected chi connectivity index (χ0v) is 16.2. The molecule has 0 amide bonds. The first-order valence-corrected chi connectivity index (χ1v) is 9.77. The molecule has 1 unspecified atom stereocenters. The van der Waals surface area contributed by atoms with Crippen LogP contribution in [0.4, 0.5) is 0 Å². The van der Waals surface area contributed by atoms with Crippen LogP contribution in [0.25, 0.3) is 28.1 Å². The second kappa shape index (κ2) is 6.87. The Balaban J connectivity index is 1.61. The highest BCUT2D eigenvalue weighted by atomic mass is 16.5. The van der Waals surface area contributed by atoms with Gasteiger partial charge in [0.2, 0.25) is 0 Å². The molecule has 4 aromatic rings. The van der Waals surface area contributed by atoms with Gasteiger partial charge in [0, 0.05) is 17.6 Å². The maximum absolute atomic E-state index is 5.48. The number of likely N-dealkylation sites (tertiary alicyclic amines) is 1. The van der Waals surface area contributed by atoms with Crippen molar-refractivity contribution >= 4 is 16.6 Å². The number of aromatic nitrogens is 4. The number of para-hydroxylation sites is 1. The Labute approximate surface area is 163 Å². The maximum Gasteiger partial charge on any atom is 0.187 e. The summed E-state index contributed by atoms with van der Waals surface area (Å²) in [6, 6.07) is 14.6. The first kappa shape index (κ1) is 17.1. The molecule has 1 aromatic carbocycles. The van der Waals surface area contributed by atoms with Crippen LogP contribution in [0.1, 0.15) is 31.4 Å². The first-order chi connectivity index (χ1) is 13.7. The van der Waals surface area contributed by atoms with Crippen molar-refractivity contribution in [3.63, 3.8) is 0 Å². The van der Waals surface area contributed by atoms with E-state index in [2.05, 4.69) is 40.4 Å². The molecule has 0 spiro atoms. The number of rotatable bonds is 4. The molecular weight excluding hydrogens is 350 g/mol. The van der Waals surface area contributed by atoms with Gasteiger partial charge in [0.25, 0.3) is 0 Å². The average Bonchev–Trinajstić information content (AvgIpc) is 3.42. The Morgan fingerprint density at radius 3 is 2.68 bits per heavy atom. The van der Waals surface area contributed by atoms with E-state index in [1.807, 2.05) is 34.7 Å². The number of pyridine rings is 2. The summed E-state index contributed by atoms with van der Waals surface area (Å²) in [6.07, 6.45) is 4.72. The SMILES string of the molecule is COc1cccc2ccc(-c3nnc4ccc(C(C)N5CCCC5)cn34)nc12. The summed E-state index contributed by atoms with van der Waals surface area (Å²) in [5.74, 6) is 1.51. The molecule has 1 aliphatic rings. The van der Waals surface area contributed by atoms with Crippen LogP contribution in [0, 0.1) is 0 Å². The molecule has 5 rings (SSSR count). The molecule has 6 nitrogen and oxygen atoms in total. The van der Waals surface area contributed by atoms with Gasteiger partial charge in [0.1, 0.15) is 17.0 Å². The lowest BCUT2D eigenvalue weighted by Gasteiger charge is -2.24. The van der Waals surface area contributed by atoms with E-state index in [1.54, 1.807) is 7.11 Å². The first-order valence-electron chi connectivity index (χ1n) is 9.77. The van der Waals surface area contributed by atoms with Gasteiger partial charge in [-0.25, -0.2) is 4.98 Å². The molecule has 1 atom stereocenters. The molecule has 28 heavy (non-hydrogen) atoms. The fraction of sp³-hybridized carbons (Fsp3) is 0.318. The van der Waals surface area contributed by atoms with Crippen LogP contribution < -0.4 is 4.74 Å². The van der Waals surface area contributed by atoms with Gasteiger partial charge in [-0.15, -0.1) is 10.2 Å². The van der Waals surface area contributed by atoms with Gasteiger partial charge in [-0.05, 0) is 56.6 Å². The molecule has 0 N–H and O–H groups in total. The quantitative estimate of drug-likeness (QED) is 0.539. The van der Waals surface area contributed by atoms with Gasteiger partial charge >= 0.3 is 0 Å². The third kappa shape index (κ3) is 2.81. The molecule has 1 saturated heterocycles. The van der Waals surface area contributed by atoms with Gasteiger partial charge < -0.3 is 4.74 Å². The van der Waals surface area contributed by atoms with Gasteiger partial charge in [-0.1, -0.05) is 24.3 Å². The highest BCUT2D eigenvalue weighted by Gasteiger charge is 2.20. The minimum Gasteiger partial charge on any atom is -0.494 e. The van der Waals surface area contributed by atoms with Crippen LogP contribution in [-0.4, -0.2) is 44.7 Å². The third-order valence-electron chi connectivity index (χ3n) is 5.73. The van der Waals surface area contributed by atoms with Crippen molar-refractivity contribution in [1.29, 1.82) is 0 Å².